The summed E-state index contributed by atoms with van der Waals surface area (Å²) < 4.78 is 1.45. The number of carbonyl (C=O) groups excluding carboxylic acids is 1. The molecule has 0 aliphatic carbocycles. The summed E-state index contributed by atoms with van der Waals surface area (Å²) in [4.78, 5) is 32.0. The molecule has 1 amide bonds. The standard InChI is InChI=1S/C22H27N5O2/c1-25(2)17-11-13-26(14-12-17)18-9-7-16(8-10-18)23-21(28)15-27-20-6-4-3-5-19(20)24-22(27)29/h3-10,17H,11-15H2,1-2H3,(H,23,28)(H,24,29). The van der Waals surface area contributed by atoms with Crippen molar-refractivity contribution in [2.24, 2.45) is 0 Å². The van der Waals surface area contributed by atoms with Crippen LogP contribution in [-0.4, -0.2) is 53.6 Å². The Morgan fingerprint density at radius 1 is 1.10 bits per heavy atom. The summed E-state index contributed by atoms with van der Waals surface area (Å²) in [6.07, 6.45) is 2.32. The Morgan fingerprint density at radius 2 is 1.79 bits per heavy atom. The van der Waals surface area contributed by atoms with Crippen LogP contribution in [0.1, 0.15) is 12.8 Å². The molecule has 1 fully saturated rings. The molecule has 0 radical (unpaired) electrons. The normalized spacial score (nSPS) is 15.2. The van der Waals surface area contributed by atoms with Gasteiger partial charge in [-0.3, -0.25) is 9.36 Å². The molecule has 0 unspecified atom stereocenters. The maximum Gasteiger partial charge on any atom is 0.326 e. The van der Waals surface area contributed by atoms with E-state index in [-0.39, 0.29) is 18.1 Å². The van der Waals surface area contributed by atoms with Gasteiger partial charge in [-0.2, -0.15) is 0 Å². The van der Waals surface area contributed by atoms with Crippen LogP contribution >= 0.6 is 0 Å². The van der Waals surface area contributed by atoms with E-state index < -0.39 is 0 Å². The molecule has 2 heterocycles. The molecule has 0 saturated carbocycles. The Morgan fingerprint density at radius 3 is 2.48 bits per heavy atom. The van der Waals surface area contributed by atoms with Gasteiger partial charge in [0.1, 0.15) is 6.54 Å². The summed E-state index contributed by atoms with van der Waals surface area (Å²) in [6, 6.07) is 15.9. The van der Waals surface area contributed by atoms with Gasteiger partial charge in [-0.25, -0.2) is 4.79 Å². The fraction of sp³-hybridized carbons (Fsp3) is 0.364. The van der Waals surface area contributed by atoms with Crippen molar-refractivity contribution in [3.63, 3.8) is 0 Å². The number of fused-ring (bicyclic) bond motifs is 1. The first-order valence-corrected chi connectivity index (χ1v) is 10.00. The molecule has 1 saturated heterocycles. The number of aromatic amines is 1. The van der Waals surface area contributed by atoms with E-state index in [9.17, 15) is 9.59 Å². The number of carbonyl (C=O) groups is 1. The number of nitrogens with one attached hydrogen (secondary N) is 2. The Balaban J connectivity index is 1.38. The number of aromatic nitrogens is 2. The average Bonchev–Trinajstić information content (AvgIpc) is 3.04. The molecule has 152 valence electrons. The Labute approximate surface area is 169 Å². The van der Waals surface area contributed by atoms with Gasteiger partial charge in [0.2, 0.25) is 5.91 Å². The minimum atomic E-state index is -0.280. The molecule has 1 aliphatic heterocycles. The highest BCUT2D eigenvalue weighted by Gasteiger charge is 2.20. The van der Waals surface area contributed by atoms with E-state index in [2.05, 4.69) is 34.2 Å². The first-order chi connectivity index (χ1) is 14.0. The molecule has 0 atom stereocenters. The lowest BCUT2D eigenvalue weighted by atomic mass is 10.0. The highest BCUT2D eigenvalue weighted by Crippen LogP contribution is 2.23. The van der Waals surface area contributed by atoms with Crippen molar-refractivity contribution in [1.29, 1.82) is 0 Å². The average molecular weight is 393 g/mol. The summed E-state index contributed by atoms with van der Waals surface area (Å²) in [5.41, 5.74) is 3.08. The number of imidazole rings is 1. The number of nitrogens with zero attached hydrogens (tertiary/aromatic N) is 3. The summed E-state index contributed by atoms with van der Waals surface area (Å²) >= 11 is 0. The first kappa shape index (κ1) is 19.3. The molecule has 29 heavy (non-hydrogen) atoms. The van der Waals surface area contributed by atoms with Crippen LogP contribution in [0.5, 0.6) is 0 Å². The van der Waals surface area contributed by atoms with Crippen LogP contribution in [0, 0.1) is 0 Å². The minimum absolute atomic E-state index is 0.0252. The van der Waals surface area contributed by atoms with Crippen molar-refractivity contribution in [2.75, 3.05) is 37.4 Å². The first-order valence-electron chi connectivity index (χ1n) is 10.00. The number of benzene rings is 2. The topological polar surface area (TPSA) is 73.4 Å². The summed E-state index contributed by atoms with van der Waals surface area (Å²) in [5, 5.41) is 2.89. The quantitative estimate of drug-likeness (QED) is 0.699. The van der Waals surface area contributed by atoms with Gasteiger partial charge in [-0.1, -0.05) is 12.1 Å². The summed E-state index contributed by atoms with van der Waals surface area (Å²) in [5.74, 6) is -0.226. The smallest absolute Gasteiger partial charge is 0.326 e. The zero-order valence-electron chi connectivity index (χ0n) is 16.9. The molecule has 7 nitrogen and oxygen atoms in total. The van der Waals surface area contributed by atoms with E-state index in [4.69, 9.17) is 0 Å². The van der Waals surface area contributed by atoms with Gasteiger partial charge in [-0.05, 0) is 63.3 Å². The van der Waals surface area contributed by atoms with Gasteiger partial charge in [0.25, 0.3) is 0 Å². The molecule has 7 heteroatoms. The molecular weight excluding hydrogens is 366 g/mol. The van der Waals surface area contributed by atoms with E-state index in [1.165, 1.54) is 10.3 Å². The van der Waals surface area contributed by atoms with Crippen molar-refractivity contribution >= 4 is 28.3 Å². The molecule has 0 spiro atoms. The largest absolute Gasteiger partial charge is 0.371 e. The van der Waals surface area contributed by atoms with Crippen LogP contribution in [0.25, 0.3) is 11.0 Å². The van der Waals surface area contributed by atoms with Crippen LogP contribution in [0.15, 0.2) is 53.3 Å². The third-order valence-corrected chi connectivity index (χ3v) is 5.69. The van der Waals surface area contributed by atoms with Crippen LogP contribution in [0.3, 0.4) is 0 Å². The third kappa shape index (κ3) is 4.19. The molecule has 3 aromatic rings. The Hall–Kier alpha value is -3.06. The maximum absolute atomic E-state index is 12.5. The lowest BCUT2D eigenvalue weighted by Gasteiger charge is -2.36. The summed E-state index contributed by atoms with van der Waals surface area (Å²) in [7, 11) is 4.28. The van der Waals surface area contributed by atoms with Crippen LogP contribution in [-0.2, 0) is 11.3 Å². The molecular formula is C22H27N5O2. The van der Waals surface area contributed by atoms with E-state index in [1.807, 2.05) is 48.5 Å². The highest BCUT2D eigenvalue weighted by molar-refractivity contribution is 5.91. The number of piperidine rings is 1. The number of rotatable bonds is 5. The maximum atomic E-state index is 12.5. The van der Waals surface area contributed by atoms with Crippen molar-refractivity contribution < 1.29 is 4.79 Å². The van der Waals surface area contributed by atoms with E-state index in [0.29, 0.717) is 6.04 Å². The van der Waals surface area contributed by atoms with E-state index >= 15 is 0 Å². The predicted octanol–water partition coefficient (Wildman–Crippen LogP) is 2.50. The van der Waals surface area contributed by atoms with Gasteiger partial charge in [0.05, 0.1) is 11.0 Å². The van der Waals surface area contributed by atoms with Crippen LogP contribution in [0.2, 0.25) is 0 Å². The lowest BCUT2D eigenvalue weighted by Crippen LogP contribution is -2.41. The third-order valence-electron chi connectivity index (χ3n) is 5.69. The number of para-hydroxylation sites is 2. The van der Waals surface area contributed by atoms with Crippen molar-refractivity contribution in [2.45, 2.75) is 25.4 Å². The van der Waals surface area contributed by atoms with E-state index in [0.717, 1.165) is 42.7 Å². The zero-order chi connectivity index (χ0) is 20.4. The van der Waals surface area contributed by atoms with Crippen LogP contribution < -0.4 is 15.9 Å². The number of hydrogen-bond donors (Lipinski definition) is 2. The Kier molecular flexibility index (Phi) is 5.40. The van der Waals surface area contributed by atoms with Crippen LogP contribution in [0.4, 0.5) is 11.4 Å². The number of anilines is 2. The predicted molar refractivity (Wildman–Crippen MR) is 117 cm³/mol. The molecule has 2 aromatic carbocycles. The second-order valence-electron chi connectivity index (χ2n) is 7.81. The minimum Gasteiger partial charge on any atom is -0.371 e. The summed E-state index contributed by atoms with van der Waals surface area (Å²) in [6.45, 7) is 2.05. The molecule has 1 aliphatic rings. The number of amides is 1. The van der Waals surface area contributed by atoms with Crippen molar-refractivity contribution in [3.05, 3.63) is 59.0 Å². The molecule has 1 aromatic heterocycles. The number of H-pyrrole nitrogens is 1. The van der Waals surface area contributed by atoms with Gasteiger partial charge in [-0.15, -0.1) is 0 Å². The number of hydrogen-bond acceptors (Lipinski definition) is 4. The van der Waals surface area contributed by atoms with Gasteiger partial charge >= 0.3 is 5.69 Å². The molecule has 0 bridgehead atoms. The van der Waals surface area contributed by atoms with Gasteiger partial charge in [0.15, 0.2) is 0 Å². The van der Waals surface area contributed by atoms with Gasteiger partial charge < -0.3 is 20.1 Å². The second-order valence-corrected chi connectivity index (χ2v) is 7.81. The fourth-order valence-electron chi connectivity index (χ4n) is 4.00. The van der Waals surface area contributed by atoms with Crippen molar-refractivity contribution in [1.82, 2.24) is 14.5 Å². The zero-order valence-corrected chi connectivity index (χ0v) is 16.9. The fourth-order valence-corrected chi connectivity index (χ4v) is 4.00. The van der Waals surface area contributed by atoms with E-state index in [1.54, 1.807) is 0 Å². The lowest BCUT2D eigenvalue weighted by molar-refractivity contribution is -0.116. The van der Waals surface area contributed by atoms with Crippen molar-refractivity contribution in [3.8, 4) is 0 Å². The monoisotopic (exact) mass is 393 g/mol. The highest BCUT2D eigenvalue weighted by atomic mass is 16.2. The van der Waals surface area contributed by atoms with Gasteiger partial charge in [0, 0.05) is 30.5 Å². The second kappa shape index (κ2) is 8.13. The SMILES string of the molecule is CN(C)C1CCN(c2ccc(NC(=O)Cn3c(=O)[nH]c4ccccc43)cc2)CC1. The molecule has 2 N–H and O–H groups in total. The Bertz CT molecular complexity index is 1040. The molecule has 4 rings (SSSR count).